The van der Waals surface area contributed by atoms with Crippen LogP contribution >= 0.6 is 0 Å². The summed E-state index contributed by atoms with van der Waals surface area (Å²) in [6, 6.07) is 15.7. The highest BCUT2D eigenvalue weighted by atomic mass is 32.2. The van der Waals surface area contributed by atoms with E-state index >= 15 is 0 Å². The maximum Gasteiger partial charge on any atom is 0.328 e. The molecule has 26 heavy (non-hydrogen) atoms. The van der Waals surface area contributed by atoms with Crippen molar-refractivity contribution in [1.82, 2.24) is 0 Å². The maximum absolute atomic E-state index is 13.1. The molecule has 1 aliphatic carbocycles. The fourth-order valence-corrected chi connectivity index (χ4v) is 5.73. The molecule has 6 heteroatoms. The van der Waals surface area contributed by atoms with Gasteiger partial charge in [0, 0.05) is 5.92 Å². The van der Waals surface area contributed by atoms with Gasteiger partial charge in [-0.2, -0.15) is 0 Å². The first kappa shape index (κ1) is 18.6. The lowest BCUT2D eigenvalue weighted by molar-refractivity contribution is -0.145. The number of hydrogen-bond acceptors (Lipinski definition) is 5. The van der Waals surface area contributed by atoms with E-state index in [1.807, 2.05) is 31.2 Å². The molecule has 0 aromatic heterocycles. The highest BCUT2D eigenvalue weighted by Crippen LogP contribution is 2.56. The molecular formula is C20H23NO4S. The molecule has 0 amide bonds. The van der Waals surface area contributed by atoms with Crippen LogP contribution in [0.3, 0.4) is 0 Å². The molecule has 2 N–H and O–H groups in total. The summed E-state index contributed by atoms with van der Waals surface area (Å²) < 4.78 is 31.4. The predicted molar refractivity (Wildman–Crippen MR) is 99.5 cm³/mol. The fourth-order valence-electron chi connectivity index (χ4n) is 3.48. The van der Waals surface area contributed by atoms with Crippen LogP contribution in [-0.4, -0.2) is 31.8 Å². The van der Waals surface area contributed by atoms with Crippen LogP contribution in [-0.2, 0) is 25.8 Å². The number of ether oxygens (including phenoxy) is 1. The van der Waals surface area contributed by atoms with Crippen LogP contribution in [0.25, 0.3) is 0 Å². The van der Waals surface area contributed by atoms with Crippen LogP contribution in [0.5, 0.6) is 0 Å². The van der Waals surface area contributed by atoms with Gasteiger partial charge in [0.2, 0.25) is 0 Å². The molecule has 3 rings (SSSR count). The lowest BCUT2D eigenvalue weighted by Gasteiger charge is -2.11. The number of carbonyl (C=O) groups excluding carboxylic acids is 1. The highest BCUT2D eigenvalue weighted by molar-refractivity contribution is 7.92. The molecular weight excluding hydrogens is 350 g/mol. The lowest BCUT2D eigenvalue weighted by Crippen LogP contribution is -2.41. The van der Waals surface area contributed by atoms with Gasteiger partial charge in [-0.25, -0.2) is 13.2 Å². The summed E-state index contributed by atoms with van der Waals surface area (Å²) in [5.74, 6) is -1.30. The number of carbonyl (C=O) groups is 1. The normalized spacial score (nSPS) is 24.9. The van der Waals surface area contributed by atoms with Crippen molar-refractivity contribution in [2.45, 2.75) is 41.9 Å². The number of esters is 1. The number of nitrogens with two attached hydrogens (primary N) is 1. The van der Waals surface area contributed by atoms with Crippen LogP contribution < -0.4 is 5.73 Å². The van der Waals surface area contributed by atoms with Crippen molar-refractivity contribution in [3.8, 4) is 0 Å². The first-order valence-corrected chi connectivity index (χ1v) is 10.3. The van der Waals surface area contributed by atoms with E-state index in [2.05, 4.69) is 0 Å². The van der Waals surface area contributed by atoms with Crippen molar-refractivity contribution < 1.29 is 17.9 Å². The third-order valence-electron chi connectivity index (χ3n) is 4.96. The third-order valence-corrected chi connectivity index (χ3v) is 7.22. The van der Waals surface area contributed by atoms with Crippen molar-refractivity contribution in [1.29, 1.82) is 0 Å². The second-order valence-corrected chi connectivity index (χ2v) is 8.57. The molecule has 0 aliphatic heterocycles. The molecule has 0 spiro atoms. The molecule has 3 atom stereocenters. The van der Waals surface area contributed by atoms with E-state index in [1.165, 1.54) is 12.1 Å². The van der Waals surface area contributed by atoms with E-state index in [-0.39, 0.29) is 11.5 Å². The maximum atomic E-state index is 13.1. The van der Waals surface area contributed by atoms with Crippen molar-refractivity contribution in [2.24, 2.45) is 5.73 Å². The monoisotopic (exact) mass is 373 g/mol. The van der Waals surface area contributed by atoms with Crippen molar-refractivity contribution >= 4 is 15.8 Å². The Morgan fingerprint density at radius 3 is 2.23 bits per heavy atom. The van der Waals surface area contributed by atoms with Gasteiger partial charge in [-0.15, -0.1) is 0 Å². The molecule has 5 nitrogen and oxygen atoms in total. The molecule has 0 heterocycles. The summed E-state index contributed by atoms with van der Waals surface area (Å²) >= 11 is 0. The summed E-state index contributed by atoms with van der Waals surface area (Å²) in [4.78, 5) is 12.7. The van der Waals surface area contributed by atoms with E-state index < -0.39 is 32.5 Å². The van der Waals surface area contributed by atoms with Gasteiger partial charge in [0.05, 0.1) is 11.5 Å². The minimum atomic E-state index is -3.78. The van der Waals surface area contributed by atoms with E-state index in [0.717, 1.165) is 17.5 Å². The zero-order chi connectivity index (χ0) is 18.9. The SMILES string of the molecule is CCOC(=O)[C@@]1(N)[C@H](S(=O)(=O)c2ccccc2)[C@@H]1c1ccc(CC)cc1. The van der Waals surface area contributed by atoms with Crippen molar-refractivity contribution in [3.05, 3.63) is 65.7 Å². The van der Waals surface area contributed by atoms with Gasteiger partial charge in [-0.05, 0) is 36.6 Å². The zero-order valence-corrected chi connectivity index (χ0v) is 15.7. The van der Waals surface area contributed by atoms with Crippen molar-refractivity contribution in [2.75, 3.05) is 6.61 Å². The Hall–Kier alpha value is -2.18. The van der Waals surface area contributed by atoms with Gasteiger partial charge >= 0.3 is 5.97 Å². The van der Waals surface area contributed by atoms with Gasteiger partial charge in [-0.1, -0.05) is 49.4 Å². The Labute approximate surface area is 154 Å². The van der Waals surface area contributed by atoms with Gasteiger partial charge in [0.1, 0.15) is 10.8 Å². The fraction of sp³-hybridized carbons (Fsp3) is 0.350. The predicted octanol–water partition coefficient (Wildman–Crippen LogP) is 2.45. The Morgan fingerprint density at radius 1 is 1.08 bits per heavy atom. The average Bonchev–Trinajstić information content (AvgIpc) is 3.31. The second-order valence-electron chi connectivity index (χ2n) is 6.50. The molecule has 0 bridgehead atoms. The van der Waals surface area contributed by atoms with E-state index in [1.54, 1.807) is 25.1 Å². The van der Waals surface area contributed by atoms with E-state index in [4.69, 9.17) is 10.5 Å². The molecule has 138 valence electrons. The van der Waals surface area contributed by atoms with Crippen LogP contribution in [0.2, 0.25) is 0 Å². The van der Waals surface area contributed by atoms with Gasteiger partial charge in [0.15, 0.2) is 9.84 Å². The molecule has 1 aliphatic rings. The summed E-state index contributed by atoms with van der Waals surface area (Å²) in [5, 5.41) is -1.04. The molecule has 0 unspecified atom stereocenters. The van der Waals surface area contributed by atoms with E-state index in [0.29, 0.717) is 0 Å². The lowest BCUT2D eigenvalue weighted by atomic mass is 10.0. The second kappa shape index (κ2) is 6.85. The molecule has 2 aromatic carbocycles. The Balaban J connectivity index is 2.04. The standard InChI is InChI=1S/C20H23NO4S/c1-3-14-10-12-15(13-11-14)17-18(20(17,21)19(22)25-4-2)26(23,24)16-8-6-5-7-9-16/h5-13,17-18H,3-4,21H2,1-2H3/t17-,18+,20-/m0/s1. The number of hydrogen-bond donors (Lipinski definition) is 1. The number of rotatable bonds is 6. The first-order chi connectivity index (χ1) is 12.4. The minimum absolute atomic E-state index is 0.150. The Morgan fingerprint density at radius 2 is 1.69 bits per heavy atom. The largest absolute Gasteiger partial charge is 0.465 e. The zero-order valence-electron chi connectivity index (χ0n) is 14.9. The van der Waals surface area contributed by atoms with Crippen LogP contribution in [0.4, 0.5) is 0 Å². The number of benzene rings is 2. The molecule has 1 fully saturated rings. The highest BCUT2D eigenvalue weighted by Gasteiger charge is 2.74. The first-order valence-electron chi connectivity index (χ1n) is 8.71. The van der Waals surface area contributed by atoms with Crippen LogP contribution in [0.1, 0.15) is 30.9 Å². The Kier molecular flexibility index (Phi) is 4.90. The molecule has 1 saturated carbocycles. The Bertz CT molecular complexity index is 893. The molecule has 2 aromatic rings. The topological polar surface area (TPSA) is 86.5 Å². The minimum Gasteiger partial charge on any atom is -0.465 e. The van der Waals surface area contributed by atoms with Crippen LogP contribution in [0, 0.1) is 0 Å². The number of sulfone groups is 1. The summed E-state index contributed by atoms with van der Waals surface area (Å²) in [6.45, 7) is 3.87. The average molecular weight is 373 g/mol. The number of aryl methyl sites for hydroxylation is 1. The smallest absolute Gasteiger partial charge is 0.328 e. The summed E-state index contributed by atoms with van der Waals surface area (Å²) in [6.07, 6.45) is 0.877. The summed E-state index contributed by atoms with van der Waals surface area (Å²) in [5.41, 5.74) is 6.64. The molecule has 0 radical (unpaired) electrons. The quantitative estimate of drug-likeness (QED) is 0.786. The van der Waals surface area contributed by atoms with Gasteiger partial charge in [-0.3, -0.25) is 0 Å². The third kappa shape index (κ3) is 2.93. The summed E-state index contributed by atoms with van der Waals surface area (Å²) in [7, 11) is -3.78. The van der Waals surface area contributed by atoms with Gasteiger partial charge < -0.3 is 10.5 Å². The molecule has 0 saturated heterocycles. The van der Waals surface area contributed by atoms with Crippen LogP contribution in [0.15, 0.2) is 59.5 Å². The van der Waals surface area contributed by atoms with E-state index in [9.17, 15) is 13.2 Å². The van der Waals surface area contributed by atoms with Crippen molar-refractivity contribution in [3.63, 3.8) is 0 Å². The van der Waals surface area contributed by atoms with Gasteiger partial charge in [0.25, 0.3) is 0 Å².